The van der Waals surface area contributed by atoms with Gasteiger partial charge in [-0.05, 0) is 83.5 Å². The number of allylic oxidation sites excluding steroid dienone is 12. The fourth-order valence-electron chi connectivity index (χ4n) is 8.32. The number of carbonyl (C=O) groups excluding carboxylic acids is 2. The van der Waals surface area contributed by atoms with E-state index in [-0.39, 0.29) is 24.9 Å². The summed E-state index contributed by atoms with van der Waals surface area (Å²) in [6.45, 7) is 6.33. The molecule has 0 radical (unpaired) electrons. The summed E-state index contributed by atoms with van der Waals surface area (Å²) in [5.74, 6) is -0.517. The van der Waals surface area contributed by atoms with Gasteiger partial charge in [-0.1, -0.05) is 248 Å². The molecule has 0 fully saturated rings. The molecule has 0 rings (SSSR count). The second kappa shape index (κ2) is 53.3. The molecule has 0 saturated carbocycles. The quantitative estimate of drug-likeness (QED) is 0.0244. The van der Waals surface area contributed by atoms with Gasteiger partial charge < -0.3 is 20.3 Å². The first-order chi connectivity index (χ1) is 32.5. The van der Waals surface area contributed by atoms with Crippen molar-refractivity contribution in [2.24, 2.45) is 0 Å². The van der Waals surface area contributed by atoms with Crippen LogP contribution in [0.4, 0.5) is 0 Å². The molecule has 0 aromatic rings. The van der Waals surface area contributed by atoms with Crippen LogP contribution in [-0.2, 0) is 14.3 Å². The van der Waals surface area contributed by atoms with E-state index in [0.717, 1.165) is 109 Å². The molecule has 66 heavy (non-hydrogen) atoms. The Morgan fingerprint density at radius 2 is 0.879 bits per heavy atom. The Labute approximate surface area is 409 Å². The molecule has 0 aliphatic rings. The van der Waals surface area contributed by atoms with E-state index in [9.17, 15) is 19.8 Å². The van der Waals surface area contributed by atoms with Crippen LogP contribution in [0.15, 0.2) is 72.9 Å². The summed E-state index contributed by atoms with van der Waals surface area (Å²) in [4.78, 5) is 26.2. The van der Waals surface area contributed by atoms with Crippen LogP contribution in [0.1, 0.15) is 271 Å². The highest BCUT2D eigenvalue weighted by Crippen LogP contribution is 2.18. The molecular weight excluding hydrogens is 815 g/mol. The maximum atomic E-state index is 13.3. The highest BCUT2D eigenvalue weighted by molar-refractivity contribution is 5.77. The van der Waals surface area contributed by atoms with Crippen LogP contribution in [0, 0.1) is 0 Å². The number of unbranched alkanes of at least 4 members (excludes halogenated alkanes) is 28. The molecule has 6 nitrogen and oxygen atoms in total. The van der Waals surface area contributed by atoms with Gasteiger partial charge in [-0.15, -0.1) is 0 Å². The lowest BCUT2D eigenvalue weighted by molar-refractivity contribution is -0.151. The molecule has 3 unspecified atom stereocenters. The number of ether oxygens (including phenoxy) is 1. The molecule has 0 bridgehead atoms. The van der Waals surface area contributed by atoms with Gasteiger partial charge in [0, 0.05) is 6.42 Å². The highest BCUT2D eigenvalue weighted by Gasteiger charge is 2.24. The molecule has 0 aliphatic carbocycles. The van der Waals surface area contributed by atoms with E-state index in [0.29, 0.717) is 19.3 Å². The first kappa shape index (κ1) is 63.3. The summed E-state index contributed by atoms with van der Waals surface area (Å²) in [7, 11) is 0. The number of aliphatic hydroxyl groups is 2. The zero-order valence-corrected chi connectivity index (χ0v) is 43.6. The van der Waals surface area contributed by atoms with Gasteiger partial charge in [-0.25, -0.2) is 0 Å². The fraction of sp³-hybridized carbons (Fsp3) is 0.767. The summed E-state index contributed by atoms with van der Waals surface area (Å²) in [5, 5.41) is 23.9. The van der Waals surface area contributed by atoms with Crippen LogP contribution < -0.4 is 5.32 Å². The monoisotopic (exact) mass is 922 g/mol. The molecule has 0 aromatic carbocycles. The third kappa shape index (κ3) is 47.8. The molecule has 0 aromatic heterocycles. The summed E-state index contributed by atoms with van der Waals surface area (Å²) < 4.78 is 5.93. The zero-order valence-electron chi connectivity index (χ0n) is 43.6. The average Bonchev–Trinajstić information content (AvgIpc) is 3.31. The van der Waals surface area contributed by atoms with Crippen LogP contribution in [0.3, 0.4) is 0 Å². The SMILES string of the molecule is CC/C=C/C=C/C=C/CCCCCCCC(CC(=O)NC(CO)C(O)CCCCCCCCCCCCCCCCCCC)OC(=O)CCCCCC/C=C\C/C=C\C/C=C\CCCCC. The van der Waals surface area contributed by atoms with Crippen molar-refractivity contribution in [3.05, 3.63) is 72.9 Å². The number of esters is 1. The van der Waals surface area contributed by atoms with Crippen molar-refractivity contribution in [2.45, 2.75) is 289 Å². The topological polar surface area (TPSA) is 95.9 Å². The molecule has 3 atom stereocenters. The maximum Gasteiger partial charge on any atom is 0.306 e. The van der Waals surface area contributed by atoms with Crippen molar-refractivity contribution in [3.8, 4) is 0 Å². The van der Waals surface area contributed by atoms with E-state index in [1.54, 1.807) is 0 Å². The largest absolute Gasteiger partial charge is 0.462 e. The first-order valence-electron chi connectivity index (χ1n) is 28.2. The van der Waals surface area contributed by atoms with Crippen molar-refractivity contribution < 1.29 is 24.5 Å². The minimum atomic E-state index is -0.801. The Hall–Kier alpha value is -2.70. The molecule has 382 valence electrons. The number of aliphatic hydroxyl groups excluding tert-OH is 2. The molecular formula is C60H107NO5. The van der Waals surface area contributed by atoms with E-state index in [2.05, 4.69) is 99.0 Å². The number of amides is 1. The van der Waals surface area contributed by atoms with Gasteiger partial charge in [0.1, 0.15) is 6.10 Å². The van der Waals surface area contributed by atoms with Gasteiger partial charge in [0.25, 0.3) is 0 Å². The smallest absolute Gasteiger partial charge is 0.306 e. The van der Waals surface area contributed by atoms with E-state index >= 15 is 0 Å². The Bertz CT molecular complexity index is 1220. The first-order valence-corrected chi connectivity index (χ1v) is 28.2. The highest BCUT2D eigenvalue weighted by atomic mass is 16.5. The van der Waals surface area contributed by atoms with Gasteiger partial charge in [0.05, 0.1) is 25.2 Å². The van der Waals surface area contributed by atoms with E-state index in [1.165, 1.54) is 116 Å². The number of hydrogen-bond acceptors (Lipinski definition) is 5. The van der Waals surface area contributed by atoms with Crippen LogP contribution in [0.2, 0.25) is 0 Å². The summed E-state index contributed by atoms with van der Waals surface area (Å²) in [6, 6.07) is -0.717. The summed E-state index contributed by atoms with van der Waals surface area (Å²) in [5.41, 5.74) is 0. The van der Waals surface area contributed by atoms with Crippen molar-refractivity contribution in [1.82, 2.24) is 5.32 Å². The average molecular weight is 923 g/mol. The molecule has 0 heterocycles. The Kier molecular flexibility index (Phi) is 51.1. The second-order valence-electron chi connectivity index (χ2n) is 19.0. The normalized spacial score (nSPS) is 13.7. The number of carbonyl (C=O) groups is 2. The van der Waals surface area contributed by atoms with Crippen LogP contribution in [0.5, 0.6) is 0 Å². The Morgan fingerprint density at radius 1 is 0.470 bits per heavy atom. The minimum absolute atomic E-state index is 0.0527. The van der Waals surface area contributed by atoms with Crippen LogP contribution in [0.25, 0.3) is 0 Å². The molecule has 3 N–H and O–H groups in total. The van der Waals surface area contributed by atoms with Crippen molar-refractivity contribution in [3.63, 3.8) is 0 Å². The molecule has 0 saturated heterocycles. The summed E-state index contributed by atoms with van der Waals surface area (Å²) in [6.07, 6.45) is 68.2. The number of rotatable bonds is 50. The van der Waals surface area contributed by atoms with Gasteiger partial charge in [-0.2, -0.15) is 0 Å². The van der Waals surface area contributed by atoms with Gasteiger partial charge in [-0.3, -0.25) is 9.59 Å². The fourth-order valence-corrected chi connectivity index (χ4v) is 8.32. The Morgan fingerprint density at radius 3 is 1.39 bits per heavy atom. The predicted molar refractivity (Wildman–Crippen MR) is 287 cm³/mol. The number of hydrogen-bond donors (Lipinski definition) is 3. The van der Waals surface area contributed by atoms with Crippen molar-refractivity contribution in [1.29, 1.82) is 0 Å². The third-order valence-corrected chi connectivity index (χ3v) is 12.6. The molecule has 0 aliphatic heterocycles. The molecule has 6 heteroatoms. The standard InChI is InChI=1S/C60H107NO5/c1-4-7-10-13-16-19-22-25-27-29-31-34-37-40-43-46-49-52-58(63)57(55-62)61-59(64)54-56(51-48-45-42-39-36-33-24-21-18-15-12-9-6-3)66-60(65)53-50-47-44-41-38-35-32-30-28-26-23-20-17-14-11-8-5-2/h9,12,15,17-18,20-21,24,26,28,32,35,56-58,62-63H,4-8,10-11,13-14,16,19,22-23,25,27,29-31,33-34,36-55H2,1-3H3,(H,61,64)/b12-9+,18-15+,20-17-,24-21+,28-26-,35-32-. The van der Waals surface area contributed by atoms with Crippen molar-refractivity contribution in [2.75, 3.05) is 6.61 Å². The van der Waals surface area contributed by atoms with Gasteiger partial charge >= 0.3 is 5.97 Å². The molecule has 0 spiro atoms. The lowest BCUT2D eigenvalue weighted by Crippen LogP contribution is -2.46. The van der Waals surface area contributed by atoms with Crippen molar-refractivity contribution >= 4 is 11.9 Å². The predicted octanol–water partition coefficient (Wildman–Crippen LogP) is 17.3. The minimum Gasteiger partial charge on any atom is -0.462 e. The maximum absolute atomic E-state index is 13.3. The van der Waals surface area contributed by atoms with E-state index in [4.69, 9.17) is 4.74 Å². The van der Waals surface area contributed by atoms with E-state index < -0.39 is 18.2 Å². The van der Waals surface area contributed by atoms with Crippen LogP contribution in [-0.4, -0.2) is 46.9 Å². The third-order valence-electron chi connectivity index (χ3n) is 12.6. The second-order valence-corrected chi connectivity index (χ2v) is 19.0. The lowest BCUT2D eigenvalue weighted by Gasteiger charge is -2.24. The van der Waals surface area contributed by atoms with Gasteiger partial charge in [0.15, 0.2) is 0 Å². The molecule has 1 amide bonds. The lowest BCUT2D eigenvalue weighted by atomic mass is 10.0. The Balaban J connectivity index is 4.57. The van der Waals surface area contributed by atoms with Crippen LogP contribution >= 0.6 is 0 Å². The van der Waals surface area contributed by atoms with E-state index in [1.807, 2.05) is 0 Å². The summed E-state index contributed by atoms with van der Waals surface area (Å²) >= 11 is 0. The zero-order chi connectivity index (χ0) is 48.1. The van der Waals surface area contributed by atoms with Gasteiger partial charge in [0.2, 0.25) is 5.91 Å². The number of nitrogens with one attached hydrogen (secondary N) is 1.